The summed E-state index contributed by atoms with van der Waals surface area (Å²) in [4.78, 5) is 33.9. The van der Waals surface area contributed by atoms with Crippen molar-refractivity contribution in [1.82, 2.24) is 20.2 Å². The van der Waals surface area contributed by atoms with E-state index in [2.05, 4.69) is 27.5 Å². The van der Waals surface area contributed by atoms with Gasteiger partial charge in [-0.15, -0.1) is 0 Å². The summed E-state index contributed by atoms with van der Waals surface area (Å²) in [6, 6.07) is 0. The molecule has 124 valence electrons. The molecule has 1 aliphatic rings. The minimum absolute atomic E-state index is 0.102. The van der Waals surface area contributed by atoms with Gasteiger partial charge in [-0.05, 0) is 19.5 Å². The van der Waals surface area contributed by atoms with E-state index in [0.717, 1.165) is 19.3 Å². The van der Waals surface area contributed by atoms with Gasteiger partial charge in [0.2, 0.25) is 11.8 Å². The van der Waals surface area contributed by atoms with Crippen molar-refractivity contribution in [2.24, 2.45) is 0 Å². The van der Waals surface area contributed by atoms with Gasteiger partial charge in [-0.2, -0.15) is 0 Å². The van der Waals surface area contributed by atoms with E-state index in [4.69, 9.17) is 0 Å². The fourth-order valence-electron chi connectivity index (χ4n) is 2.27. The zero-order valence-electron chi connectivity index (χ0n) is 13.6. The molecule has 0 radical (unpaired) electrons. The number of hydrogen-bond donors (Lipinski definition) is 2. The van der Waals surface area contributed by atoms with Gasteiger partial charge in [0.15, 0.2) is 5.82 Å². The van der Waals surface area contributed by atoms with Crippen molar-refractivity contribution >= 4 is 23.7 Å². The molecule has 0 atom stereocenters. The van der Waals surface area contributed by atoms with Gasteiger partial charge < -0.3 is 10.6 Å². The second-order valence-electron chi connectivity index (χ2n) is 5.64. The van der Waals surface area contributed by atoms with Gasteiger partial charge >= 0.3 is 0 Å². The van der Waals surface area contributed by atoms with Gasteiger partial charge in [-0.3, -0.25) is 14.5 Å². The number of anilines is 1. The zero-order chi connectivity index (χ0) is 16.7. The minimum atomic E-state index is -0.136. The summed E-state index contributed by atoms with van der Waals surface area (Å²) >= 11 is 0. The lowest BCUT2D eigenvalue weighted by Gasteiger charge is -2.10. The number of carbonyl (C=O) groups is 2. The molecule has 0 saturated carbocycles. The minimum Gasteiger partial charge on any atom is -0.353 e. The third kappa shape index (κ3) is 5.45. The molecule has 0 saturated heterocycles. The van der Waals surface area contributed by atoms with Gasteiger partial charge in [0.1, 0.15) is 0 Å². The van der Waals surface area contributed by atoms with Gasteiger partial charge in [-0.1, -0.05) is 19.8 Å². The van der Waals surface area contributed by atoms with Crippen LogP contribution in [0.3, 0.4) is 0 Å². The fraction of sp³-hybridized carbons (Fsp3) is 0.500. The average molecular weight is 317 g/mol. The Kier molecular flexibility index (Phi) is 6.22. The topological polar surface area (TPSA) is 87.2 Å². The number of carbonyl (C=O) groups excluding carboxylic acids is 2. The molecular formula is C16H23N5O2. The van der Waals surface area contributed by atoms with Crippen molar-refractivity contribution in [2.75, 3.05) is 25.5 Å². The third-order valence-electron chi connectivity index (χ3n) is 3.44. The Morgan fingerprint density at radius 2 is 2.26 bits per heavy atom. The molecular weight excluding hydrogens is 294 g/mol. The highest BCUT2D eigenvalue weighted by Crippen LogP contribution is 2.16. The van der Waals surface area contributed by atoms with Crippen LogP contribution in [0, 0.1) is 0 Å². The Hall–Kier alpha value is -2.28. The average Bonchev–Trinajstić information content (AvgIpc) is 2.65. The lowest BCUT2D eigenvalue weighted by molar-refractivity contribution is -0.117. The molecule has 0 unspecified atom stereocenters. The van der Waals surface area contributed by atoms with Crippen LogP contribution >= 0.6 is 0 Å². The smallest absolute Gasteiger partial charge is 0.244 e. The molecule has 0 bridgehead atoms. The van der Waals surface area contributed by atoms with Gasteiger partial charge in [0.05, 0.1) is 24.1 Å². The summed E-state index contributed by atoms with van der Waals surface area (Å²) in [5, 5.41) is 5.56. The number of amides is 2. The molecule has 0 aromatic carbocycles. The predicted molar refractivity (Wildman–Crippen MR) is 88.6 cm³/mol. The summed E-state index contributed by atoms with van der Waals surface area (Å²) in [5.41, 5.74) is 1.29. The Labute approximate surface area is 136 Å². The zero-order valence-corrected chi connectivity index (χ0v) is 13.6. The Bertz CT molecular complexity index is 600. The SMILES string of the molecule is CCCCCNC(=O)/C=C/c1cnc2c(n1)CN(C)CC(=O)N2. The van der Waals surface area contributed by atoms with Crippen molar-refractivity contribution in [3.63, 3.8) is 0 Å². The molecule has 2 N–H and O–H groups in total. The van der Waals surface area contributed by atoms with E-state index in [9.17, 15) is 9.59 Å². The number of unbranched alkanes of at least 4 members (excludes halogenated alkanes) is 2. The Morgan fingerprint density at radius 1 is 1.43 bits per heavy atom. The molecule has 23 heavy (non-hydrogen) atoms. The van der Waals surface area contributed by atoms with Crippen LogP contribution in [-0.2, 0) is 16.1 Å². The normalized spacial score (nSPS) is 15.1. The Morgan fingerprint density at radius 3 is 3.04 bits per heavy atom. The van der Waals surface area contributed by atoms with Crippen LogP contribution in [0.2, 0.25) is 0 Å². The van der Waals surface area contributed by atoms with E-state index in [1.54, 1.807) is 12.3 Å². The predicted octanol–water partition coefficient (Wildman–Crippen LogP) is 1.18. The maximum Gasteiger partial charge on any atom is 0.244 e. The summed E-state index contributed by atoms with van der Waals surface area (Å²) in [5.74, 6) is 0.249. The van der Waals surface area contributed by atoms with Gasteiger partial charge in [-0.25, -0.2) is 9.97 Å². The second-order valence-corrected chi connectivity index (χ2v) is 5.64. The molecule has 1 aliphatic heterocycles. The van der Waals surface area contributed by atoms with Crippen molar-refractivity contribution in [3.05, 3.63) is 23.7 Å². The number of aromatic nitrogens is 2. The number of fused-ring (bicyclic) bond motifs is 1. The van der Waals surface area contributed by atoms with Crippen LogP contribution in [0.5, 0.6) is 0 Å². The lowest BCUT2D eigenvalue weighted by atomic mass is 10.2. The van der Waals surface area contributed by atoms with Crippen molar-refractivity contribution < 1.29 is 9.59 Å². The quantitative estimate of drug-likeness (QED) is 0.608. The van der Waals surface area contributed by atoms with Gasteiger partial charge in [0, 0.05) is 19.2 Å². The molecule has 0 fully saturated rings. The maximum absolute atomic E-state index is 11.7. The number of rotatable bonds is 6. The van der Waals surface area contributed by atoms with Crippen molar-refractivity contribution in [1.29, 1.82) is 0 Å². The first-order chi connectivity index (χ1) is 11.1. The first-order valence-corrected chi connectivity index (χ1v) is 7.88. The lowest BCUT2D eigenvalue weighted by Crippen LogP contribution is -2.26. The molecule has 2 heterocycles. The van der Waals surface area contributed by atoms with Crippen LogP contribution in [0.4, 0.5) is 5.82 Å². The number of likely N-dealkylation sites (N-methyl/N-ethyl adjacent to an activating group) is 1. The first kappa shape index (κ1) is 17.1. The van der Waals surface area contributed by atoms with E-state index >= 15 is 0 Å². The van der Waals surface area contributed by atoms with Crippen LogP contribution in [0.15, 0.2) is 12.3 Å². The molecule has 7 heteroatoms. The number of hydrogen-bond acceptors (Lipinski definition) is 5. The van der Waals surface area contributed by atoms with Crippen molar-refractivity contribution in [2.45, 2.75) is 32.7 Å². The van der Waals surface area contributed by atoms with E-state index in [1.807, 2.05) is 11.9 Å². The molecule has 7 nitrogen and oxygen atoms in total. The number of nitrogens with zero attached hydrogens (tertiary/aromatic N) is 3. The summed E-state index contributed by atoms with van der Waals surface area (Å²) in [7, 11) is 1.85. The van der Waals surface area contributed by atoms with Crippen molar-refractivity contribution in [3.8, 4) is 0 Å². The Balaban J connectivity index is 1.97. The molecule has 2 rings (SSSR count). The van der Waals surface area contributed by atoms with Crippen LogP contribution in [0.25, 0.3) is 6.08 Å². The molecule has 1 aromatic heterocycles. The second kappa shape index (κ2) is 8.38. The molecule has 0 spiro atoms. The van der Waals surface area contributed by atoms with E-state index in [1.165, 1.54) is 6.08 Å². The maximum atomic E-state index is 11.7. The summed E-state index contributed by atoms with van der Waals surface area (Å²) in [6.07, 6.45) is 7.86. The fourth-order valence-corrected chi connectivity index (χ4v) is 2.27. The molecule has 0 aliphatic carbocycles. The highest BCUT2D eigenvalue weighted by Gasteiger charge is 2.18. The standard InChI is InChI=1S/C16H23N5O2/c1-3-4-5-8-17-14(22)7-6-12-9-18-16-13(19-12)10-21(2)11-15(23)20-16/h6-7,9H,3-5,8,10-11H2,1-2H3,(H,17,22)(H,18,20,23)/b7-6+. The first-order valence-electron chi connectivity index (χ1n) is 7.88. The molecule has 1 aromatic rings. The van der Waals surface area contributed by atoms with E-state index in [0.29, 0.717) is 36.8 Å². The van der Waals surface area contributed by atoms with E-state index < -0.39 is 0 Å². The largest absolute Gasteiger partial charge is 0.353 e. The van der Waals surface area contributed by atoms with Gasteiger partial charge in [0.25, 0.3) is 0 Å². The highest BCUT2D eigenvalue weighted by atomic mass is 16.2. The van der Waals surface area contributed by atoms with Crippen LogP contribution < -0.4 is 10.6 Å². The van der Waals surface area contributed by atoms with Crippen LogP contribution in [-0.4, -0.2) is 46.8 Å². The summed E-state index contributed by atoms with van der Waals surface area (Å²) in [6.45, 7) is 3.65. The third-order valence-corrected chi connectivity index (χ3v) is 3.44. The summed E-state index contributed by atoms with van der Waals surface area (Å²) < 4.78 is 0. The van der Waals surface area contributed by atoms with Crippen LogP contribution in [0.1, 0.15) is 37.6 Å². The number of nitrogens with one attached hydrogen (secondary N) is 2. The van der Waals surface area contributed by atoms with E-state index in [-0.39, 0.29) is 11.8 Å². The monoisotopic (exact) mass is 317 g/mol. The highest BCUT2D eigenvalue weighted by molar-refractivity contribution is 5.93. The molecule has 2 amide bonds.